The number of carbonyl (C=O) groups is 1. The molecule has 1 aromatic heterocycles. The van der Waals surface area contributed by atoms with Crippen LogP contribution in [0.1, 0.15) is 17.0 Å². The van der Waals surface area contributed by atoms with Crippen molar-refractivity contribution in [2.24, 2.45) is 0 Å². The number of benzene rings is 2. The van der Waals surface area contributed by atoms with Gasteiger partial charge in [0.2, 0.25) is 5.91 Å². The Bertz CT molecular complexity index is 1100. The number of hydrogen-bond acceptors (Lipinski definition) is 5. The Balaban J connectivity index is 1.64. The largest absolute Gasteiger partial charge is 0.486 e. The van der Waals surface area contributed by atoms with E-state index in [0.29, 0.717) is 23.3 Å². The molecule has 0 spiro atoms. The molecule has 162 valence electrons. The number of aromatic nitrogens is 3. The van der Waals surface area contributed by atoms with Gasteiger partial charge in [-0.2, -0.15) is 0 Å². The van der Waals surface area contributed by atoms with Gasteiger partial charge in [-0.3, -0.25) is 9.36 Å². The van der Waals surface area contributed by atoms with E-state index in [9.17, 15) is 9.18 Å². The van der Waals surface area contributed by atoms with Gasteiger partial charge in [0.05, 0.1) is 10.8 Å². The average molecular weight is 461 g/mol. The Morgan fingerprint density at radius 1 is 1.32 bits per heavy atom. The number of allylic oxidation sites excluding steroid dienone is 1. The molecule has 0 saturated carbocycles. The number of amides is 1. The van der Waals surface area contributed by atoms with Gasteiger partial charge in [-0.05, 0) is 43.2 Å². The number of ether oxygens (including phenoxy) is 1. The molecular formula is C22H22ClFN4O2S. The maximum absolute atomic E-state index is 13.3. The first-order chi connectivity index (χ1) is 14.9. The molecule has 0 fully saturated rings. The molecule has 0 atom stereocenters. The zero-order valence-electron chi connectivity index (χ0n) is 17.2. The molecule has 3 rings (SSSR count). The second-order valence-electron chi connectivity index (χ2n) is 6.75. The van der Waals surface area contributed by atoms with E-state index in [-0.39, 0.29) is 23.3 Å². The van der Waals surface area contributed by atoms with Crippen molar-refractivity contribution in [3.8, 4) is 5.75 Å². The van der Waals surface area contributed by atoms with Gasteiger partial charge in [-0.25, -0.2) is 4.39 Å². The Morgan fingerprint density at radius 3 is 2.87 bits per heavy atom. The van der Waals surface area contributed by atoms with Crippen LogP contribution in [0.2, 0.25) is 5.02 Å². The van der Waals surface area contributed by atoms with Gasteiger partial charge < -0.3 is 10.1 Å². The predicted molar refractivity (Wildman–Crippen MR) is 121 cm³/mol. The van der Waals surface area contributed by atoms with Crippen LogP contribution in [0.5, 0.6) is 5.75 Å². The van der Waals surface area contributed by atoms with Crippen molar-refractivity contribution in [1.82, 2.24) is 14.8 Å². The first-order valence-electron chi connectivity index (χ1n) is 9.48. The molecule has 1 N–H and O–H groups in total. The number of anilines is 1. The normalized spacial score (nSPS) is 10.7. The summed E-state index contributed by atoms with van der Waals surface area (Å²) in [5.74, 6) is 0.503. The summed E-state index contributed by atoms with van der Waals surface area (Å²) in [5.41, 5.74) is 2.95. The molecule has 2 aromatic carbocycles. The second kappa shape index (κ2) is 10.5. The lowest BCUT2D eigenvalue weighted by atomic mass is 10.1. The summed E-state index contributed by atoms with van der Waals surface area (Å²) in [6.45, 7) is 8.30. The molecule has 6 nitrogen and oxygen atoms in total. The molecule has 1 amide bonds. The lowest BCUT2D eigenvalue weighted by molar-refractivity contribution is -0.113. The maximum atomic E-state index is 13.3. The summed E-state index contributed by atoms with van der Waals surface area (Å²) in [6.07, 6.45) is 1.71. The van der Waals surface area contributed by atoms with E-state index in [4.69, 9.17) is 16.3 Å². The van der Waals surface area contributed by atoms with Crippen LogP contribution in [0.3, 0.4) is 0 Å². The highest BCUT2D eigenvalue weighted by molar-refractivity contribution is 7.99. The summed E-state index contributed by atoms with van der Waals surface area (Å²) in [5, 5.41) is 11.8. The highest BCUT2D eigenvalue weighted by atomic mass is 35.5. The maximum Gasteiger partial charge on any atom is 0.234 e. The van der Waals surface area contributed by atoms with Gasteiger partial charge >= 0.3 is 0 Å². The van der Waals surface area contributed by atoms with E-state index in [1.54, 1.807) is 6.08 Å². The molecule has 1 heterocycles. The summed E-state index contributed by atoms with van der Waals surface area (Å²) < 4.78 is 20.8. The molecule has 31 heavy (non-hydrogen) atoms. The van der Waals surface area contributed by atoms with Crippen molar-refractivity contribution in [3.63, 3.8) is 0 Å². The fourth-order valence-electron chi connectivity index (χ4n) is 2.76. The number of aryl methyl sites for hydroxylation is 1. The van der Waals surface area contributed by atoms with Crippen LogP contribution in [0.15, 0.2) is 54.2 Å². The summed E-state index contributed by atoms with van der Waals surface area (Å²) >= 11 is 7.06. The fraction of sp³-hybridized carbons (Fsp3) is 0.227. The van der Waals surface area contributed by atoms with Crippen LogP contribution in [0, 0.1) is 19.7 Å². The van der Waals surface area contributed by atoms with Crippen LogP contribution in [-0.2, 0) is 17.9 Å². The highest BCUT2D eigenvalue weighted by Crippen LogP contribution is 2.23. The first-order valence-corrected chi connectivity index (χ1v) is 10.8. The minimum Gasteiger partial charge on any atom is -0.486 e. The molecular weight excluding hydrogens is 439 g/mol. The van der Waals surface area contributed by atoms with Gasteiger partial charge in [0, 0.05) is 18.3 Å². The Hall–Kier alpha value is -2.84. The second-order valence-corrected chi connectivity index (χ2v) is 8.10. The molecule has 0 aliphatic heterocycles. The summed E-state index contributed by atoms with van der Waals surface area (Å²) in [4.78, 5) is 12.4. The third kappa shape index (κ3) is 5.86. The zero-order chi connectivity index (χ0) is 22.4. The highest BCUT2D eigenvalue weighted by Gasteiger charge is 2.15. The van der Waals surface area contributed by atoms with Crippen molar-refractivity contribution in [2.45, 2.75) is 32.2 Å². The average Bonchev–Trinajstić information content (AvgIpc) is 3.13. The van der Waals surface area contributed by atoms with Crippen LogP contribution >= 0.6 is 23.4 Å². The minimum absolute atomic E-state index is 0.0174. The lowest BCUT2D eigenvalue weighted by Gasteiger charge is -2.11. The van der Waals surface area contributed by atoms with Gasteiger partial charge in [0.1, 0.15) is 18.2 Å². The Morgan fingerprint density at radius 2 is 2.13 bits per heavy atom. The standard InChI is InChI=1S/C22H22ClFN4O2S/c1-4-10-28-20(12-30-16-8-9-18(24)17(23)11-16)26-27-22(28)31-13-21(29)25-19-7-5-6-14(2)15(19)3/h4-9,11H,1,10,12-13H2,2-3H3,(H,25,29). The van der Waals surface area contributed by atoms with Gasteiger partial charge in [0.25, 0.3) is 0 Å². The quantitative estimate of drug-likeness (QED) is 0.352. The van der Waals surface area contributed by atoms with Crippen LogP contribution in [0.25, 0.3) is 0 Å². The lowest BCUT2D eigenvalue weighted by Crippen LogP contribution is -2.16. The predicted octanol–water partition coefficient (Wildman–Crippen LogP) is 5.18. The monoisotopic (exact) mass is 460 g/mol. The van der Waals surface area contributed by atoms with Crippen molar-refractivity contribution >= 4 is 35.0 Å². The van der Waals surface area contributed by atoms with Crippen molar-refractivity contribution in [3.05, 3.63) is 76.8 Å². The summed E-state index contributed by atoms with van der Waals surface area (Å²) in [7, 11) is 0. The number of carbonyl (C=O) groups excluding carboxylic acids is 1. The molecule has 0 aliphatic carbocycles. The molecule has 9 heteroatoms. The van der Waals surface area contributed by atoms with Crippen molar-refractivity contribution < 1.29 is 13.9 Å². The first kappa shape index (κ1) is 22.8. The minimum atomic E-state index is -0.512. The number of thioether (sulfide) groups is 1. The Kier molecular flexibility index (Phi) is 7.70. The molecule has 3 aromatic rings. The smallest absolute Gasteiger partial charge is 0.234 e. The number of nitrogens with zero attached hydrogens (tertiary/aromatic N) is 3. The molecule has 0 aliphatic rings. The van der Waals surface area contributed by atoms with Crippen molar-refractivity contribution in [2.75, 3.05) is 11.1 Å². The summed E-state index contributed by atoms with van der Waals surface area (Å²) in [6, 6.07) is 9.92. The van der Waals surface area contributed by atoms with Gasteiger partial charge in [0.15, 0.2) is 11.0 Å². The number of nitrogens with one attached hydrogen (secondary N) is 1. The third-order valence-corrected chi connectivity index (χ3v) is 5.83. The van der Waals surface area contributed by atoms with Crippen LogP contribution in [-0.4, -0.2) is 26.4 Å². The van der Waals surface area contributed by atoms with Gasteiger partial charge in [-0.1, -0.05) is 41.6 Å². The SMILES string of the molecule is C=CCn1c(COc2ccc(F)c(Cl)c2)nnc1SCC(=O)Nc1cccc(C)c1C. The van der Waals surface area contributed by atoms with Crippen LogP contribution < -0.4 is 10.1 Å². The van der Waals surface area contributed by atoms with E-state index < -0.39 is 5.82 Å². The fourth-order valence-corrected chi connectivity index (χ4v) is 3.70. The molecule has 0 unspecified atom stereocenters. The van der Waals surface area contributed by atoms with E-state index in [2.05, 4.69) is 22.1 Å². The van der Waals surface area contributed by atoms with E-state index in [1.807, 2.05) is 36.6 Å². The number of rotatable bonds is 9. The van der Waals surface area contributed by atoms with E-state index in [0.717, 1.165) is 16.8 Å². The molecule has 0 radical (unpaired) electrons. The molecule has 0 bridgehead atoms. The van der Waals surface area contributed by atoms with Gasteiger partial charge in [-0.15, -0.1) is 16.8 Å². The topological polar surface area (TPSA) is 69.0 Å². The Labute approximate surface area is 189 Å². The van der Waals surface area contributed by atoms with Crippen molar-refractivity contribution in [1.29, 1.82) is 0 Å². The zero-order valence-corrected chi connectivity index (χ0v) is 18.8. The number of halogens is 2. The van der Waals surface area contributed by atoms with E-state index in [1.165, 1.54) is 30.0 Å². The number of hydrogen-bond donors (Lipinski definition) is 1. The van der Waals surface area contributed by atoms with E-state index >= 15 is 0 Å². The van der Waals surface area contributed by atoms with Crippen LogP contribution in [0.4, 0.5) is 10.1 Å². The third-order valence-electron chi connectivity index (χ3n) is 4.58. The molecule has 0 saturated heterocycles.